The molecular formula is C24H24N2O5S. The second kappa shape index (κ2) is 9.08. The van der Waals surface area contributed by atoms with Crippen LogP contribution in [0.2, 0.25) is 0 Å². The highest BCUT2D eigenvalue weighted by atomic mass is 32.1. The second-order valence-corrected chi connectivity index (χ2v) is 9.00. The molecule has 0 saturated heterocycles. The number of ether oxygens (including phenoxy) is 1. The second-order valence-electron chi connectivity index (χ2n) is 8.02. The number of carbonyl (C=O) groups is 2. The molecule has 1 N–H and O–H groups in total. The zero-order valence-electron chi connectivity index (χ0n) is 17.9. The van der Waals surface area contributed by atoms with Crippen LogP contribution in [0, 0.1) is 10.1 Å². The quantitative estimate of drug-likeness (QED) is 0.377. The van der Waals surface area contributed by atoms with E-state index in [9.17, 15) is 19.7 Å². The molecule has 0 fully saturated rings. The van der Waals surface area contributed by atoms with Crippen molar-refractivity contribution in [3.05, 3.63) is 84.9 Å². The van der Waals surface area contributed by atoms with Gasteiger partial charge in [-0.15, -0.1) is 11.3 Å². The Morgan fingerprint density at radius 1 is 1.25 bits per heavy atom. The molecule has 1 aromatic heterocycles. The highest BCUT2D eigenvalue weighted by Gasteiger charge is 2.41. The topological polar surface area (TPSA) is 98.5 Å². The first-order valence-electron chi connectivity index (χ1n) is 10.6. The predicted molar refractivity (Wildman–Crippen MR) is 121 cm³/mol. The number of Topliss-reactive ketones (excluding diaryl/α,β-unsaturated/α-hetero) is 1. The van der Waals surface area contributed by atoms with Crippen LogP contribution in [-0.2, 0) is 14.3 Å². The smallest absolute Gasteiger partial charge is 0.336 e. The van der Waals surface area contributed by atoms with Gasteiger partial charge in [0.05, 0.1) is 17.1 Å². The Morgan fingerprint density at radius 3 is 2.62 bits per heavy atom. The van der Waals surface area contributed by atoms with Crippen molar-refractivity contribution in [2.45, 2.75) is 44.9 Å². The van der Waals surface area contributed by atoms with Crippen molar-refractivity contribution in [2.75, 3.05) is 6.61 Å². The average molecular weight is 453 g/mol. The highest BCUT2D eigenvalue weighted by molar-refractivity contribution is 7.10. The predicted octanol–water partition coefficient (Wildman–Crippen LogP) is 4.97. The van der Waals surface area contributed by atoms with Gasteiger partial charge in [-0.3, -0.25) is 14.9 Å². The molecule has 2 aromatic rings. The summed E-state index contributed by atoms with van der Waals surface area (Å²) >= 11 is 1.64. The van der Waals surface area contributed by atoms with E-state index in [2.05, 4.69) is 5.32 Å². The summed E-state index contributed by atoms with van der Waals surface area (Å²) in [6, 6.07) is 10.1. The summed E-state index contributed by atoms with van der Waals surface area (Å²) in [6.07, 6.45) is 1.71. The van der Waals surface area contributed by atoms with Crippen LogP contribution in [0.3, 0.4) is 0 Å². The van der Waals surface area contributed by atoms with Crippen molar-refractivity contribution in [3.63, 3.8) is 0 Å². The zero-order valence-corrected chi connectivity index (χ0v) is 18.7. The molecule has 0 bridgehead atoms. The van der Waals surface area contributed by atoms with Crippen LogP contribution in [0.4, 0.5) is 5.69 Å². The molecule has 2 aliphatic rings. The molecule has 0 saturated carbocycles. The number of hydrogen-bond acceptors (Lipinski definition) is 7. The fourth-order valence-electron chi connectivity index (χ4n) is 4.43. The monoisotopic (exact) mass is 452 g/mol. The largest absolute Gasteiger partial charge is 0.462 e. The number of rotatable bonds is 6. The third kappa shape index (κ3) is 4.10. The van der Waals surface area contributed by atoms with Crippen LogP contribution in [-0.4, -0.2) is 23.3 Å². The molecular weight excluding hydrogens is 428 g/mol. The van der Waals surface area contributed by atoms with Crippen molar-refractivity contribution in [1.82, 2.24) is 5.32 Å². The first kappa shape index (κ1) is 22.0. The minimum absolute atomic E-state index is 0.0196. The maximum atomic E-state index is 13.4. The van der Waals surface area contributed by atoms with E-state index in [1.807, 2.05) is 31.4 Å². The van der Waals surface area contributed by atoms with Crippen LogP contribution in [0.25, 0.3) is 0 Å². The van der Waals surface area contributed by atoms with Crippen molar-refractivity contribution in [3.8, 4) is 0 Å². The molecule has 2 heterocycles. The normalized spacial score (nSPS) is 20.6. The number of non-ortho nitro benzene ring substituents is 1. The number of allylic oxidation sites excluding steroid dienone is 3. The maximum absolute atomic E-state index is 13.4. The number of nitrogens with zero attached hydrogens (tertiary/aromatic N) is 1. The summed E-state index contributed by atoms with van der Waals surface area (Å²) in [5, 5.41) is 16.4. The van der Waals surface area contributed by atoms with E-state index in [0.29, 0.717) is 41.7 Å². The number of nitrogens with one attached hydrogen (secondary N) is 1. The molecule has 2 unspecified atom stereocenters. The van der Waals surface area contributed by atoms with Crippen molar-refractivity contribution >= 4 is 28.8 Å². The van der Waals surface area contributed by atoms with Gasteiger partial charge in [-0.1, -0.05) is 25.1 Å². The van der Waals surface area contributed by atoms with E-state index in [4.69, 9.17) is 4.74 Å². The molecule has 1 aliphatic heterocycles. The summed E-state index contributed by atoms with van der Waals surface area (Å²) in [7, 11) is 0. The van der Waals surface area contributed by atoms with Gasteiger partial charge in [-0.2, -0.15) is 0 Å². The van der Waals surface area contributed by atoms with Crippen molar-refractivity contribution in [2.24, 2.45) is 0 Å². The van der Waals surface area contributed by atoms with Crippen molar-refractivity contribution < 1.29 is 19.2 Å². The molecule has 0 radical (unpaired) electrons. The lowest BCUT2D eigenvalue weighted by Gasteiger charge is -2.36. The first-order valence-corrected chi connectivity index (χ1v) is 11.5. The lowest BCUT2D eigenvalue weighted by atomic mass is 9.72. The van der Waals surface area contributed by atoms with E-state index in [-0.39, 0.29) is 24.0 Å². The zero-order chi connectivity index (χ0) is 22.8. The van der Waals surface area contributed by atoms with Gasteiger partial charge >= 0.3 is 5.97 Å². The average Bonchev–Trinajstić information content (AvgIpc) is 3.31. The Hall–Kier alpha value is -3.26. The van der Waals surface area contributed by atoms with Gasteiger partial charge in [0.2, 0.25) is 0 Å². The lowest BCUT2D eigenvalue weighted by molar-refractivity contribution is -0.384. The summed E-state index contributed by atoms with van der Waals surface area (Å²) in [6.45, 7) is 4.00. The van der Waals surface area contributed by atoms with E-state index in [0.717, 1.165) is 10.6 Å². The number of nitro groups is 1. The Morgan fingerprint density at radius 2 is 2.00 bits per heavy atom. The van der Waals surface area contributed by atoms with Gasteiger partial charge in [-0.25, -0.2) is 4.79 Å². The summed E-state index contributed by atoms with van der Waals surface area (Å²) in [4.78, 5) is 38.2. The molecule has 7 nitrogen and oxygen atoms in total. The minimum Gasteiger partial charge on any atom is -0.462 e. The van der Waals surface area contributed by atoms with Gasteiger partial charge in [0.1, 0.15) is 0 Å². The number of dihydropyridines is 1. The molecule has 0 amide bonds. The van der Waals surface area contributed by atoms with E-state index >= 15 is 0 Å². The fraction of sp³-hybridized carbons (Fsp3) is 0.333. The minimum atomic E-state index is -0.617. The number of benzene rings is 1. The highest BCUT2D eigenvalue weighted by Crippen LogP contribution is 2.46. The number of nitro benzene ring substituents is 1. The van der Waals surface area contributed by atoms with Gasteiger partial charge in [0.15, 0.2) is 5.78 Å². The molecule has 1 aliphatic carbocycles. The van der Waals surface area contributed by atoms with Crippen LogP contribution in [0.5, 0.6) is 0 Å². The van der Waals surface area contributed by atoms with Crippen LogP contribution >= 0.6 is 11.3 Å². The summed E-state index contributed by atoms with van der Waals surface area (Å²) < 4.78 is 5.43. The molecule has 32 heavy (non-hydrogen) atoms. The van der Waals surface area contributed by atoms with Crippen LogP contribution < -0.4 is 5.32 Å². The standard InChI is InChI=1S/C24H24N2O5S/c1-3-10-31-24(28)21-14(2)25-18-12-16(20-5-4-11-32-20)13-19(27)23(18)22(21)15-6-8-17(9-7-15)26(29)30/h4-9,11,16,22,25H,3,10,12-13H2,1-2H3. The third-order valence-electron chi connectivity index (χ3n) is 5.87. The molecule has 2 atom stereocenters. The third-order valence-corrected chi connectivity index (χ3v) is 6.90. The lowest BCUT2D eigenvalue weighted by Crippen LogP contribution is -2.36. The number of carbonyl (C=O) groups excluding carboxylic acids is 2. The van der Waals surface area contributed by atoms with Crippen molar-refractivity contribution in [1.29, 1.82) is 0 Å². The van der Waals surface area contributed by atoms with E-state index in [1.165, 1.54) is 12.1 Å². The first-order chi connectivity index (χ1) is 15.4. The van der Waals surface area contributed by atoms with E-state index in [1.54, 1.807) is 23.5 Å². The number of hydrogen-bond donors (Lipinski definition) is 1. The summed E-state index contributed by atoms with van der Waals surface area (Å²) in [5.41, 5.74) is 3.02. The Balaban J connectivity index is 1.78. The Kier molecular flexibility index (Phi) is 6.23. The van der Waals surface area contributed by atoms with Crippen LogP contribution in [0.1, 0.15) is 55.4 Å². The van der Waals surface area contributed by atoms with Gasteiger partial charge in [-0.05, 0) is 36.8 Å². The Bertz CT molecular complexity index is 1120. The number of ketones is 1. The molecule has 166 valence electrons. The van der Waals surface area contributed by atoms with Crippen LogP contribution in [0.15, 0.2) is 64.3 Å². The fourth-order valence-corrected chi connectivity index (χ4v) is 5.26. The Labute approximate surface area is 189 Å². The summed E-state index contributed by atoms with van der Waals surface area (Å²) in [5.74, 6) is -1.02. The number of esters is 1. The number of thiophene rings is 1. The van der Waals surface area contributed by atoms with Gasteiger partial charge < -0.3 is 10.1 Å². The molecule has 4 rings (SSSR count). The molecule has 0 spiro atoms. The van der Waals surface area contributed by atoms with Gasteiger partial charge in [0, 0.05) is 52.2 Å². The maximum Gasteiger partial charge on any atom is 0.336 e. The van der Waals surface area contributed by atoms with Gasteiger partial charge in [0.25, 0.3) is 5.69 Å². The SMILES string of the molecule is CCCOC(=O)C1=C(C)NC2=C(C(=O)CC(c3cccs3)C2)C1c1ccc([N+](=O)[O-])cc1. The molecule has 1 aromatic carbocycles. The van der Waals surface area contributed by atoms with E-state index < -0.39 is 16.8 Å². The molecule has 8 heteroatoms.